The lowest BCUT2D eigenvalue weighted by molar-refractivity contribution is 0.147. The van der Waals surface area contributed by atoms with Gasteiger partial charge in [-0.15, -0.1) is 0 Å². The molecule has 0 aliphatic carbocycles. The van der Waals surface area contributed by atoms with Crippen molar-refractivity contribution in [2.75, 3.05) is 39.9 Å². The van der Waals surface area contributed by atoms with Crippen molar-refractivity contribution < 1.29 is 13.5 Å². The summed E-state index contributed by atoms with van der Waals surface area (Å²) in [5.41, 5.74) is 0.402. The number of hydrogen-bond donors (Lipinski definition) is 1. The lowest BCUT2D eigenvalue weighted by atomic mass is 10.0. The van der Waals surface area contributed by atoms with Crippen molar-refractivity contribution in [3.8, 4) is 0 Å². The van der Waals surface area contributed by atoms with Gasteiger partial charge in [-0.2, -0.15) is 0 Å². The zero-order valence-corrected chi connectivity index (χ0v) is 13.2. The molecule has 0 amide bonds. The maximum absolute atomic E-state index is 13.9. The van der Waals surface area contributed by atoms with Crippen LogP contribution >= 0.6 is 0 Å². The van der Waals surface area contributed by atoms with Gasteiger partial charge in [0, 0.05) is 31.8 Å². The van der Waals surface area contributed by atoms with E-state index in [4.69, 9.17) is 4.74 Å². The van der Waals surface area contributed by atoms with Crippen LogP contribution in [0, 0.1) is 11.6 Å². The first kappa shape index (κ1) is 18.0. The molecule has 3 nitrogen and oxygen atoms in total. The Morgan fingerprint density at radius 2 is 2.00 bits per heavy atom. The largest absolute Gasteiger partial charge is 0.383 e. The van der Waals surface area contributed by atoms with E-state index in [1.807, 2.05) is 6.92 Å². The van der Waals surface area contributed by atoms with E-state index < -0.39 is 11.6 Å². The molecule has 1 N–H and O–H groups in total. The number of nitrogens with zero attached hydrogens (tertiary/aromatic N) is 1. The summed E-state index contributed by atoms with van der Waals surface area (Å²) >= 11 is 0. The van der Waals surface area contributed by atoms with E-state index in [0.717, 1.165) is 32.1 Å². The maximum Gasteiger partial charge on any atom is 0.163 e. The summed E-state index contributed by atoms with van der Waals surface area (Å²) in [6.07, 6.45) is 0.728. The number of benzene rings is 1. The van der Waals surface area contributed by atoms with Crippen LogP contribution in [-0.4, -0.2) is 44.8 Å². The smallest absolute Gasteiger partial charge is 0.163 e. The molecule has 0 bridgehead atoms. The molecule has 0 aliphatic rings. The third-order valence-corrected chi connectivity index (χ3v) is 3.60. The molecule has 1 aromatic carbocycles. The summed E-state index contributed by atoms with van der Waals surface area (Å²) < 4.78 is 32.4. The van der Waals surface area contributed by atoms with Gasteiger partial charge in [0.1, 0.15) is 0 Å². The van der Waals surface area contributed by atoms with Crippen LogP contribution in [0.2, 0.25) is 0 Å². The minimum atomic E-state index is -0.790. The Morgan fingerprint density at radius 1 is 1.24 bits per heavy atom. The monoisotopic (exact) mass is 300 g/mol. The third kappa shape index (κ3) is 5.69. The van der Waals surface area contributed by atoms with Crippen LogP contribution in [0.3, 0.4) is 0 Å². The molecular formula is C16H26F2N2O. The normalized spacial score (nSPS) is 12.9. The van der Waals surface area contributed by atoms with E-state index in [1.54, 1.807) is 19.2 Å². The van der Waals surface area contributed by atoms with Gasteiger partial charge in [0.15, 0.2) is 11.6 Å². The zero-order chi connectivity index (χ0) is 15.7. The Labute approximate surface area is 126 Å². The summed E-state index contributed by atoms with van der Waals surface area (Å²) in [7, 11) is 1.68. The summed E-state index contributed by atoms with van der Waals surface area (Å²) in [6, 6.07) is 4.18. The van der Waals surface area contributed by atoms with E-state index in [-0.39, 0.29) is 6.04 Å². The molecule has 1 atom stereocenters. The molecule has 0 spiro atoms. The molecule has 1 unspecified atom stereocenters. The summed E-state index contributed by atoms with van der Waals surface area (Å²) in [5, 5.41) is 3.24. The molecule has 0 radical (unpaired) electrons. The average molecular weight is 300 g/mol. The second-order valence-corrected chi connectivity index (χ2v) is 4.97. The van der Waals surface area contributed by atoms with Crippen molar-refractivity contribution in [2.24, 2.45) is 0 Å². The maximum atomic E-state index is 13.9. The average Bonchev–Trinajstić information content (AvgIpc) is 2.49. The Balaban J connectivity index is 2.71. The van der Waals surface area contributed by atoms with Gasteiger partial charge in [-0.1, -0.05) is 26.0 Å². The van der Waals surface area contributed by atoms with Gasteiger partial charge in [-0.05, 0) is 25.6 Å². The van der Waals surface area contributed by atoms with Crippen LogP contribution in [0.25, 0.3) is 0 Å². The summed E-state index contributed by atoms with van der Waals surface area (Å²) in [6.45, 7) is 8.01. The van der Waals surface area contributed by atoms with Gasteiger partial charge < -0.3 is 15.0 Å². The minimum Gasteiger partial charge on any atom is -0.383 e. The van der Waals surface area contributed by atoms with Gasteiger partial charge in [0.05, 0.1) is 6.61 Å². The highest BCUT2D eigenvalue weighted by Crippen LogP contribution is 2.22. The first-order valence-corrected chi connectivity index (χ1v) is 7.52. The van der Waals surface area contributed by atoms with Crippen molar-refractivity contribution in [3.63, 3.8) is 0 Å². The highest BCUT2D eigenvalue weighted by molar-refractivity contribution is 5.22. The lowest BCUT2D eigenvalue weighted by Crippen LogP contribution is -2.32. The molecule has 0 fully saturated rings. The first-order valence-electron chi connectivity index (χ1n) is 7.52. The predicted molar refractivity (Wildman–Crippen MR) is 81.4 cm³/mol. The molecule has 1 rings (SSSR count). The van der Waals surface area contributed by atoms with E-state index >= 15 is 0 Å². The van der Waals surface area contributed by atoms with Crippen LogP contribution in [-0.2, 0) is 4.74 Å². The molecule has 0 aliphatic heterocycles. The zero-order valence-electron chi connectivity index (χ0n) is 13.2. The number of nitrogens with one attached hydrogen (secondary N) is 1. The van der Waals surface area contributed by atoms with Gasteiger partial charge in [-0.3, -0.25) is 0 Å². The van der Waals surface area contributed by atoms with Crippen LogP contribution in [0.4, 0.5) is 8.78 Å². The SMILES string of the molecule is CCNC(CCN(CC)CCOC)c1cccc(F)c1F. The summed E-state index contributed by atoms with van der Waals surface area (Å²) in [4.78, 5) is 2.24. The Hall–Kier alpha value is -1.04. The van der Waals surface area contributed by atoms with Gasteiger partial charge in [0.25, 0.3) is 0 Å². The molecule has 0 saturated carbocycles. The third-order valence-electron chi connectivity index (χ3n) is 3.60. The van der Waals surface area contributed by atoms with E-state index in [0.29, 0.717) is 18.7 Å². The van der Waals surface area contributed by atoms with Crippen molar-refractivity contribution in [1.29, 1.82) is 0 Å². The lowest BCUT2D eigenvalue weighted by Gasteiger charge is -2.25. The molecule has 1 aromatic rings. The first-order chi connectivity index (χ1) is 10.1. The molecule has 21 heavy (non-hydrogen) atoms. The second-order valence-electron chi connectivity index (χ2n) is 4.97. The molecule has 120 valence electrons. The molecule has 0 heterocycles. The quantitative estimate of drug-likeness (QED) is 0.719. The van der Waals surface area contributed by atoms with Crippen molar-refractivity contribution in [3.05, 3.63) is 35.4 Å². The number of hydrogen-bond acceptors (Lipinski definition) is 3. The van der Waals surface area contributed by atoms with E-state index in [2.05, 4.69) is 17.1 Å². The van der Waals surface area contributed by atoms with Crippen molar-refractivity contribution in [2.45, 2.75) is 26.3 Å². The number of rotatable bonds is 10. The second kappa shape index (κ2) is 9.82. The Kier molecular flexibility index (Phi) is 8.42. The molecule has 5 heteroatoms. The highest BCUT2D eigenvalue weighted by atomic mass is 19.2. The van der Waals surface area contributed by atoms with Gasteiger partial charge >= 0.3 is 0 Å². The molecular weight excluding hydrogens is 274 g/mol. The Bertz CT molecular complexity index is 415. The van der Waals surface area contributed by atoms with E-state index in [9.17, 15) is 8.78 Å². The highest BCUT2D eigenvalue weighted by Gasteiger charge is 2.18. The number of likely N-dealkylation sites (N-methyl/N-ethyl adjacent to an activating group) is 1. The summed E-state index contributed by atoms with van der Waals surface area (Å²) in [5.74, 6) is -1.54. The number of halogens is 2. The van der Waals surface area contributed by atoms with Crippen LogP contribution in [0.5, 0.6) is 0 Å². The Morgan fingerprint density at radius 3 is 2.62 bits per heavy atom. The van der Waals surface area contributed by atoms with Crippen molar-refractivity contribution in [1.82, 2.24) is 10.2 Å². The predicted octanol–water partition coefficient (Wildman–Crippen LogP) is 2.97. The topological polar surface area (TPSA) is 24.5 Å². The number of methoxy groups -OCH3 is 1. The number of ether oxygens (including phenoxy) is 1. The van der Waals surface area contributed by atoms with Gasteiger partial charge in [0.2, 0.25) is 0 Å². The fraction of sp³-hybridized carbons (Fsp3) is 0.625. The molecule has 0 aromatic heterocycles. The van der Waals surface area contributed by atoms with E-state index in [1.165, 1.54) is 0 Å². The fourth-order valence-electron chi connectivity index (χ4n) is 2.36. The van der Waals surface area contributed by atoms with Crippen LogP contribution in [0.1, 0.15) is 31.9 Å². The standard InChI is InChI=1S/C16H26F2N2O/c1-4-19-15(9-10-20(5-2)11-12-21-3)13-7-6-8-14(17)16(13)18/h6-8,15,19H,4-5,9-12H2,1-3H3. The van der Waals surface area contributed by atoms with Crippen LogP contribution < -0.4 is 5.32 Å². The van der Waals surface area contributed by atoms with Gasteiger partial charge in [-0.25, -0.2) is 8.78 Å². The fourth-order valence-corrected chi connectivity index (χ4v) is 2.36. The van der Waals surface area contributed by atoms with Crippen molar-refractivity contribution >= 4 is 0 Å². The molecule has 0 saturated heterocycles. The van der Waals surface area contributed by atoms with Crippen LogP contribution in [0.15, 0.2) is 18.2 Å². The minimum absolute atomic E-state index is 0.178.